The first-order chi connectivity index (χ1) is 11.8. The third kappa shape index (κ3) is 5.05. The number of benzene rings is 2. The van der Waals surface area contributed by atoms with Crippen LogP contribution in [0.25, 0.3) is 0 Å². The molecule has 2 aromatic rings. The average Bonchev–Trinajstić information content (AvgIpc) is 2.60. The smallest absolute Gasteiger partial charge is 0.325 e. The van der Waals surface area contributed by atoms with Crippen molar-refractivity contribution in [2.45, 2.75) is 11.8 Å². The molecular formula is C17H18N2O5S. The summed E-state index contributed by atoms with van der Waals surface area (Å²) in [5.74, 6) is -1.02. The molecule has 25 heavy (non-hydrogen) atoms. The Morgan fingerprint density at radius 3 is 2.16 bits per heavy atom. The predicted molar refractivity (Wildman–Crippen MR) is 92.8 cm³/mol. The largest absolute Gasteiger partial charge is 0.468 e. The summed E-state index contributed by atoms with van der Waals surface area (Å²) in [6, 6.07) is 12.3. The van der Waals surface area contributed by atoms with Crippen LogP contribution in [0.2, 0.25) is 0 Å². The first-order valence-corrected chi connectivity index (χ1v) is 8.85. The van der Waals surface area contributed by atoms with Crippen molar-refractivity contribution < 1.29 is 22.7 Å². The zero-order valence-corrected chi connectivity index (χ0v) is 14.6. The molecule has 0 bridgehead atoms. The lowest BCUT2D eigenvalue weighted by molar-refractivity contribution is -0.139. The van der Waals surface area contributed by atoms with E-state index >= 15 is 0 Å². The number of carbonyl (C=O) groups is 2. The van der Waals surface area contributed by atoms with Crippen molar-refractivity contribution in [3.63, 3.8) is 0 Å². The number of amides is 1. The Morgan fingerprint density at radius 2 is 1.60 bits per heavy atom. The number of ether oxygens (including phenoxy) is 1. The minimum Gasteiger partial charge on any atom is -0.468 e. The van der Waals surface area contributed by atoms with Gasteiger partial charge in [-0.3, -0.25) is 14.3 Å². The SMILES string of the molecule is COC(=O)CNC(=O)c1ccc(NS(=O)(=O)c2ccc(C)cc2)cc1. The van der Waals surface area contributed by atoms with Gasteiger partial charge in [-0.1, -0.05) is 17.7 Å². The number of nitrogens with one attached hydrogen (secondary N) is 2. The summed E-state index contributed by atoms with van der Waals surface area (Å²) in [7, 11) is -2.47. The molecule has 0 saturated carbocycles. The molecule has 0 aliphatic carbocycles. The second-order valence-corrected chi connectivity index (χ2v) is 6.94. The van der Waals surface area contributed by atoms with Gasteiger partial charge in [0.1, 0.15) is 6.54 Å². The fourth-order valence-electron chi connectivity index (χ4n) is 1.95. The molecule has 0 radical (unpaired) electrons. The van der Waals surface area contributed by atoms with E-state index in [4.69, 9.17) is 0 Å². The second kappa shape index (κ2) is 7.80. The maximum Gasteiger partial charge on any atom is 0.325 e. The zero-order valence-electron chi connectivity index (χ0n) is 13.8. The van der Waals surface area contributed by atoms with E-state index in [1.165, 1.54) is 43.5 Å². The number of hydrogen-bond donors (Lipinski definition) is 2. The minimum atomic E-state index is -3.70. The summed E-state index contributed by atoms with van der Waals surface area (Å²) in [6.45, 7) is 1.63. The molecule has 2 aromatic carbocycles. The van der Waals surface area contributed by atoms with Crippen molar-refractivity contribution in [2.24, 2.45) is 0 Å². The van der Waals surface area contributed by atoms with Gasteiger partial charge < -0.3 is 10.1 Å². The molecule has 8 heteroatoms. The van der Waals surface area contributed by atoms with Crippen LogP contribution in [0.3, 0.4) is 0 Å². The van der Waals surface area contributed by atoms with Crippen molar-refractivity contribution in [2.75, 3.05) is 18.4 Å². The zero-order chi connectivity index (χ0) is 18.4. The third-order valence-electron chi connectivity index (χ3n) is 3.35. The standard InChI is InChI=1S/C17H18N2O5S/c1-12-3-9-15(10-4-12)25(22,23)19-14-7-5-13(6-8-14)17(21)18-11-16(20)24-2/h3-10,19H,11H2,1-2H3,(H,18,21). The first kappa shape index (κ1) is 18.5. The number of methoxy groups -OCH3 is 1. The lowest BCUT2D eigenvalue weighted by atomic mass is 10.2. The molecule has 7 nitrogen and oxygen atoms in total. The van der Waals surface area contributed by atoms with E-state index in [0.717, 1.165) is 5.56 Å². The normalized spacial score (nSPS) is 10.8. The Bertz CT molecular complexity index is 859. The van der Waals surface area contributed by atoms with Gasteiger partial charge in [-0.05, 0) is 43.3 Å². The predicted octanol–water partition coefficient (Wildman–Crippen LogP) is 1.70. The Kier molecular flexibility index (Phi) is 5.76. The van der Waals surface area contributed by atoms with Gasteiger partial charge in [-0.25, -0.2) is 8.42 Å². The van der Waals surface area contributed by atoms with Crippen molar-refractivity contribution in [1.82, 2.24) is 5.32 Å². The van der Waals surface area contributed by atoms with Gasteiger partial charge in [0.15, 0.2) is 0 Å². The van der Waals surface area contributed by atoms with Crippen LogP contribution in [0.1, 0.15) is 15.9 Å². The molecule has 0 saturated heterocycles. The molecule has 2 rings (SSSR count). The Balaban J connectivity index is 2.05. The lowest BCUT2D eigenvalue weighted by Crippen LogP contribution is -2.30. The van der Waals surface area contributed by atoms with Crippen molar-refractivity contribution >= 4 is 27.6 Å². The number of hydrogen-bond acceptors (Lipinski definition) is 5. The third-order valence-corrected chi connectivity index (χ3v) is 4.75. The molecule has 0 fully saturated rings. The number of carbonyl (C=O) groups excluding carboxylic acids is 2. The van der Waals surface area contributed by atoms with Crippen molar-refractivity contribution in [3.05, 3.63) is 59.7 Å². The lowest BCUT2D eigenvalue weighted by Gasteiger charge is -2.09. The number of anilines is 1. The quantitative estimate of drug-likeness (QED) is 0.762. The summed E-state index contributed by atoms with van der Waals surface area (Å²) in [4.78, 5) is 23.0. The fraction of sp³-hybridized carbons (Fsp3) is 0.176. The topological polar surface area (TPSA) is 102 Å². The van der Waals surface area contributed by atoms with Crippen LogP contribution in [0.15, 0.2) is 53.4 Å². The molecule has 0 aliphatic rings. The summed E-state index contributed by atoms with van der Waals surface area (Å²) >= 11 is 0. The van der Waals surface area contributed by atoms with Gasteiger partial charge in [0, 0.05) is 11.3 Å². The molecule has 0 heterocycles. The van der Waals surface area contributed by atoms with Gasteiger partial charge in [-0.2, -0.15) is 0 Å². The molecular weight excluding hydrogens is 344 g/mol. The van der Waals surface area contributed by atoms with Crippen LogP contribution < -0.4 is 10.0 Å². The summed E-state index contributed by atoms with van der Waals surface area (Å²) < 4.78 is 31.5. The Hall–Kier alpha value is -2.87. The number of esters is 1. The fourth-order valence-corrected chi connectivity index (χ4v) is 3.01. The van der Waals surface area contributed by atoms with E-state index in [2.05, 4.69) is 14.8 Å². The van der Waals surface area contributed by atoms with Crippen LogP contribution in [-0.2, 0) is 19.6 Å². The van der Waals surface area contributed by atoms with E-state index in [0.29, 0.717) is 11.3 Å². The maximum atomic E-state index is 12.3. The van der Waals surface area contributed by atoms with E-state index in [-0.39, 0.29) is 11.4 Å². The van der Waals surface area contributed by atoms with Crippen LogP contribution in [0.4, 0.5) is 5.69 Å². The van der Waals surface area contributed by atoms with E-state index in [1.54, 1.807) is 12.1 Å². The minimum absolute atomic E-state index is 0.151. The van der Waals surface area contributed by atoms with Crippen LogP contribution in [0, 0.1) is 6.92 Å². The highest BCUT2D eigenvalue weighted by Crippen LogP contribution is 2.17. The molecule has 0 unspecified atom stereocenters. The number of sulfonamides is 1. The van der Waals surface area contributed by atoms with Crippen LogP contribution in [0.5, 0.6) is 0 Å². The first-order valence-electron chi connectivity index (χ1n) is 7.36. The second-order valence-electron chi connectivity index (χ2n) is 5.25. The summed E-state index contributed by atoms with van der Waals surface area (Å²) in [6.07, 6.45) is 0. The van der Waals surface area contributed by atoms with Crippen LogP contribution in [-0.4, -0.2) is 33.9 Å². The molecule has 0 atom stereocenters. The van der Waals surface area contributed by atoms with Gasteiger partial charge in [-0.15, -0.1) is 0 Å². The van der Waals surface area contributed by atoms with E-state index < -0.39 is 21.9 Å². The van der Waals surface area contributed by atoms with Gasteiger partial charge >= 0.3 is 5.97 Å². The van der Waals surface area contributed by atoms with Gasteiger partial charge in [0.25, 0.3) is 15.9 Å². The average molecular weight is 362 g/mol. The Labute approximate surface area is 146 Å². The number of aryl methyl sites for hydroxylation is 1. The molecule has 0 aromatic heterocycles. The summed E-state index contributed by atoms with van der Waals surface area (Å²) in [5.41, 5.74) is 1.58. The highest BCUT2D eigenvalue weighted by molar-refractivity contribution is 7.92. The van der Waals surface area contributed by atoms with E-state index in [1.807, 2.05) is 6.92 Å². The van der Waals surface area contributed by atoms with Gasteiger partial charge in [0.05, 0.1) is 12.0 Å². The highest BCUT2D eigenvalue weighted by atomic mass is 32.2. The molecule has 1 amide bonds. The van der Waals surface area contributed by atoms with E-state index in [9.17, 15) is 18.0 Å². The molecule has 132 valence electrons. The highest BCUT2D eigenvalue weighted by Gasteiger charge is 2.14. The molecule has 0 spiro atoms. The molecule has 0 aliphatic heterocycles. The summed E-state index contributed by atoms with van der Waals surface area (Å²) in [5, 5.41) is 2.40. The van der Waals surface area contributed by atoms with Crippen molar-refractivity contribution in [3.8, 4) is 0 Å². The van der Waals surface area contributed by atoms with Crippen LogP contribution >= 0.6 is 0 Å². The van der Waals surface area contributed by atoms with Gasteiger partial charge in [0.2, 0.25) is 0 Å². The monoisotopic (exact) mass is 362 g/mol. The van der Waals surface area contributed by atoms with Crippen molar-refractivity contribution in [1.29, 1.82) is 0 Å². The molecule has 2 N–H and O–H groups in total. The maximum absolute atomic E-state index is 12.3. The Morgan fingerprint density at radius 1 is 1.00 bits per heavy atom. The number of rotatable bonds is 6.